The highest BCUT2D eigenvalue weighted by molar-refractivity contribution is 6.31. The zero-order valence-corrected chi connectivity index (χ0v) is 20.7. The van der Waals surface area contributed by atoms with Gasteiger partial charge in [-0.05, 0) is 48.8 Å². The van der Waals surface area contributed by atoms with E-state index in [4.69, 9.17) is 11.6 Å². The first-order valence-corrected chi connectivity index (χ1v) is 11.6. The third-order valence-corrected chi connectivity index (χ3v) is 5.47. The summed E-state index contributed by atoms with van der Waals surface area (Å²) in [5.41, 5.74) is 3.06. The molecule has 0 aliphatic carbocycles. The number of pyridine rings is 2. The SMILES string of the molecule is C=C/C(=C\C(Cl)=C/C)CN(CCC)C(=O)C(O)C(O)C(=O)NCc1ccc(-c2ccncc2)cn1. The molecule has 2 aromatic rings. The molecule has 9 heteroatoms. The van der Waals surface area contributed by atoms with Crippen LogP contribution in [0.2, 0.25) is 0 Å². The van der Waals surface area contributed by atoms with Crippen LogP contribution in [0, 0.1) is 0 Å². The number of nitrogens with one attached hydrogen (secondary N) is 1. The molecule has 3 N–H and O–H groups in total. The van der Waals surface area contributed by atoms with Crippen LogP contribution in [-0.2, 0) is 16.1 Å². The average molecular weight is 499 g/mol. The zero-order valence-electron chi connectivity index (χ0n) is 19.9. The second-order valence-corrected chi connectivity index (χ2v) is 8.17. The maximum Gasteiger partial charge on any atom is 0.254 e. The van der Waals surface area contributed by atoms with E-state index in [2.05, 4.69) is 21.9 Å². The highest BCUT2D eigenvalue weighted by Gasteiger charge is 2.33. The lowest BCUT2D eigenvalue weighted by Crippen LogP contribution is -2.51. The van der Waals surface area contributed by atoms with Crippen LogP contribution in [0.15, 0.2) is 78.3 Å². The summed E-state index contributed by atoms with van der Waals surface area (Å²) < 4.78 is 0. The second-order valence-electron chi connectivity index (χ2n) is 7.74. The lowest BCUT2D eigenvalue weighted by atomic mass is 10.1. The van der Waals surface area contributed by atoms with E-state index in [9.17, 15) is 19.8 Å². The molecule has 0 radical (unpaired) electrons. The van der Waals surface area contributed by atoms with Gasteiger partial charge in [0.1, 0.15) is 0 Å². The van der Waals surface area contributed by atoms with Crippen molar-refractivity contribution < 1.29 is 19.8 Å². The van der Waals surface area contributed by atoms with Gasteiger partial charge in [-0.25, -0.2) is 0 Å². The predicted molar refractivity (Wildman–Crippen MR) is 136 cm³/mol. The summed E-state index contributed by atoms with van der Waals surface area (Å²) in [6.45, 7) is 7.84. The monoisotopic (exact) mass is 498 g/mol. The number of nitrogens with zero attached hydrogens (tertiary/aromatic N) is 3. The van der Waals surface area contributed by atoms with E-state index in [1.54, 1.807) is 49.8 Å². The van der Waals surface area contributed by atoms with Gasteiger partial charge in [0, 0.05) is 42.3 Å². The van der Waals surface area contributed by atoms with E-state index in [-0.39, 0.29) is 13.1 Å². The maximum absolute atomic E-state index is 12.8. The molecule has 8 nitrogen and oxygen atoms in total. The van der Waals surface area contributed by atoms with Gasteiger partial charge in [-0.3, -0.25) is 19.6 Å². The summed E-state index contributed by atoms with van der Waals surface area (Å²) in [7, 11) is 0. The van der Waals surface area contributed by atoms with Crippen molar-refractivity contribution in [2.45, 2.75) is 39.0 Å². The Kier molecular flexibility index (Phi) is 11.3. The summed E-state index contributed by atoms with van der Waals surface area (Å²) in [6, 6.07) is 7.31. The molecule has 2 rings (SSSR count). The zero-order chi connectivity index (χ0) is 25.8. The quantitative estimate of drug-likeness (QED) is 0.387. The van der Waals surface area contributed by atoms with Crippen LogP contribution in [0.3, 0.4) is 0 Å². The maximum atomic E-state index is 12.8. The molecule has 0 spiro atoms. The van der Waals surface area contributed by atoms with Crippen LogP contribution in [0.25, 0.3) is 11.1 Å². The Morgan fingerprint density at radius 1 is 1.17 bits per heavy atom. The van der Waals surface area contributed by atoms with Crippen molar-refractivity contribution in [1.29, 1.82) is 0 Å². The smallest absolute Gasteiger partial charge is 0.254 e. The van der Waals surface area contributed by atoms with Crippen LogP contribution >= 0.6 is 11.6 Å². The van der Waals surface area contributed by atoms with Gasteiger partial charge in [0.05, 0.1) is 12.2 Å². The van der Waals surface area contributed by atoms with E-state index >= 15 is 0 Å². The molecule has 0 fully saturated rings. The number of rotatable bonds is 12. The Bertz CT molecular complexity index is 1050. The van der Waals surface area contributed by atoms with Crippen molar-refractivity contribution in [1.82, 2.24) is 20.2 Å². The summed E-state index contributed by atoms with van der Waals surface area (Å²) in [5.74, 6) is -1.64. The molecule has 0 saturated heterocycles. The van der Waals surface area contributed by atoms with E-state index in [1.807, 2.05) is 25.1 Å². The predicted octanol–water partition coefficient (Wildman–Crippen LogP) is 2.98. The first-order valence-electron chi connectivity index (χ1n) is 11.2. The van der Waals surface area contributed by atoms with Crippen molar-refractivity contribution in [2.75, 3.05) is 13.1 Å². The Hall–Kier alpha value is -3.33. The number of halogens is 1. The van der Waals surface area contributed by atoms with Crippen LogP contribution in [-0.4, -0.2) is 62.2 Å². The minimum absolute atomic E-state index is 0.0251. The Morgan fingerprint density at radius 3 is 2.46 bits per heavy atom. The molecule has 2 heterocycles. The Labute approximate surface area is 210 Å². The molecule has 186 valence electrons. The number of carbonyl (C=O) groups excluding carboxylic acids is 2. The molecule has 0 aromatic carbocycles. The van der Waals surface area contributed by atoms with Gasteiger partial charge in [-0.1, -0.05) is 43.3 Å². The van der Waals surface area contributed by atoms with Crippen LogP contribution in [0.4, 0.5) is 0 Å². The fraction of sp³-hybridized carbons (Fsp3) is 0.308. The Morgan fingerprint density at radius 2 is 1.89 bits per heavy atom. The largest absolute Gasteiger partial charge is 0.380 e. The summed E-state index contributed by atoms with van der Waals surface area (Å²) in [4.78, 5) is 34.9. The minimum Gasteiger partial charge on any atom is -0.380 e. The van der Waals surface area contributed by atoms with Gasteiger partial charge in [-0.15, -0.1) is 0 Å². The molecule has 0 bridgehead atoms. The fourth-order valence-corrected chi connectivity index (χ4v) is 3.32. The number of amides is 2. The van der Waals surface area contributed by atoms with E-state index in [0.29, 0.717) is 29.3 Å². The summed E-state index contributed by atoms with van der Waals surface area (Å²) >= 11 is 6.04. The second kappa shape index (κ2) is 14.2. The van der Waals surface area contributed by atoms with Crippen molar-refractivity contribution in [2.24, 2.45) is 0 Å². The molecule has 2 amide bonds. The lowest BCUT2D eigenvalue weighted by molar-refractivity contribution is -0.152. The molecule has 35 heavy (non-hydrogen) atoms. The number of hydrogen-bond donors (Lipinski definition) is 3. The standard InChI is InChI=1S/C26H31ClN4O4/c1-4-13-31(17-18(5-2)14-21(27)6-3)26(35)24(33)23(32)25(34)30-16-22-8-7-20(15-29-22)19-9-11-28-12-10-19/h5-12,14-15,23-24,32-33H,2,4,13,16-17H2,1,3H3,(H,30,34)/b18-14+,21-6+. The first kappa shape index (κ1) is 27.9. The fourth-order valence-electron chi connectivity index (χ4n) is 3.18. The third kappa shape index (κ3) is 8.43. The van der Waals surface area contributed by atoms with Gasteiger partial charge in [0.2, 0.25) is 0 Å². The molecular formula is C26H31ClN4O4. The molecule has 2 aromatic heterocycles. The summed E-state index contributed by atoms with van der Waals surface area (Å²) in [5, 5.41) is 23.7. The number of aliphatic hydroxyl groups excluding tert-OH is 2. The highest BCUT2D eigenvalue weighted by Crippen LogP contribution is 2.17. The average Bonchev–Trinajstić information content (AvgIpc) is 2.90. The molecule has 2 atom stereocenters. The highest BCUT2D eigenvalue weighted by atomic mass is 35.5. The molecule has 2 unspecified atom stereocenters. The molecule has 0 aliphatic heterocycles. The first-order chi connectivity index (χ1) is 16.8. The van der Waals surface area contributed by atoms with Gasteiger partial charge in [0.15, 0.2) is 12.2 Å². The van der Waals surface area contributed by atoms with Gasteiger partial charge in [-0.2, -0.15) is 0 Å². The van der Waals surface area contributed by atoms with Gasteiger partial charge >= 0.3 is 0 Å². The van der Waals surface area contributed by atoms with Crippen molar-refractivity contribution in [3.05, 3.63) is 84.0 Å². The van der Waals surface area contributed by atoms with Crippen LogP contribution in [0.5, 0.6) is 0 Å². The van der Waals surface area contributed by atoms with Gasteiger partial charge in [0.25, 0.3) is 11.8 Å². The van der Waals surface area contributed by atoms with E-state index in [0.717, 1.165) is 11.1 Å². The van der Waals surface area contributed by atoms with Crippen LogP contribution < -0.4 is 5.32 Å². The number of carbonyl (C=O) groups is 2. The minimum atomic E-state index is -1.94. The number of allylic oxidation sites excluding steroid dienone is 3. The van der Waals surface area contributed by atoms with Crippen LogP contribution in [0.1, 0.15) is 26.0 Å². The lowest BCUT2D eigenvalue weighted by Gasteiger charge is -2.27. The van der Waals surface area contributed by atoms with E-state index in [1.165, 1.54) is 4.90 Å². The summed E-state index contributed by atoms with van der Waals surface area (Å²) in [6.07, 6.45) is 6.71. The number of aromatic nitrogens is 2. The molecular weight excluding hydrogens is 468 g/mol. The third-order valence-electron chi connectivity index (χ3n) is 5.14. The Balaban J connectivity index is 1.99. The van der Waals surface area contributed by atoms with E-state index < -0.39 is 24.0 Å². The topological polar surface area (TPSA) is 116 Å². The normalized spacial score (nSPS) is 13.6. The number of aliphatic hydroxyl groups is 2. The van der Waals surface area contributed by atoms with Crippen molar-refractivity contribution >= 4 is 23.4 Å². The van der Waals surface area contributed by atoms with Gasteiger partial charge < -0.3 is 20.4 Å². The van der Waals surface area contributed by atoms with Crippen molar-refractivity contribution in [3.63, 3.8) is 0 Å². The van der Waals surface area contributed by atoms with Crippen molar-refractivity contribution in [3.8, 4) is 11.1 Å². The molecule has 0 aliphatic rings. The number of hydrogen-bond acceptors (Lipinski definition) is 6. The molecule has 0 saturated carbocycles.